The molecule has 3 rings (SSSR count). The molecule has 1 N–H and O–H groups in total. The number of hydrogen-bond acceptors (Lipinski definition) is 7. The predicted octanol–water partition coefficient (Wildman–Crippen LogP) is 3.76. The molecule has 2 aromatic heterocycles. The number of carbonyl (C=O) groups is 2. The summed E-state index contributed by atoms with van der Waals surface area (Å²) in [6.07, 6.45) is 3.47. The minimum Gasteiger partial charge on any atom is -0.480 e. The van der Waals surface area contributed by atoms with Gasteiger partial charge in [0.15, 0.2) is 6.61 Å². The number of aromatic nitrogens is 2. The zero-order valence-electron chi connectivity index (χ0n) is 15.9. The lowest BCUT2D eigenvalue weighted by atomic mass is 10.1. The first-order valence-corrected chi connectivity index (χ1v) is 9.70. The Hall–Kier alpha value is -3.00. The van der Waals surface area contributed by atoms with Gasteiger partial charge in [0.25, 0.3) is 5.91 Å². The summed E-state index contributed by atoms with van der Waals surface area (Å²) >= 11 is 1.42. The second-order valence-corrected chi connectivity index (χ2v) is 7.19. The molecule has 146 valence electrons. The highest BCUT2D eigenvalue weighted by Crippen LogP contribution is 2.31. The van der Waals surface area contributed by atoms with Crippen LogP contribution >= 0.6 is 11.3 Å². The van der Waals surface area contributed by atoms with E-state index in [-0.39, 0.29) is 12.5 Å². The maximum absolute atomic E-state index is 12.8. The molecule has 0 aliphatic carbocycles. The van der Waals surface area contributed by atoms with Gasteiger partial charge in [-0.3, -0.25) is 9.78 Å². The molecule has 0 atom stereocenters. The highest BCUT2D eigenvalue weighted by molar-refractivity contribution is 7.13. The quantitative estimate of drug-likeness (QED) is 0.609. The fourth-order valence-corrected chi connectivity index (χ4v) is 3.79. The summed E-state index contributed by atoms with van der Waals surface area (Å²) in [5.41, 5.74) is 1.90. The molecule has 2 heterocycles. The molecule has 0 spiro atoms. The second kappa shape index (κ2) is 8.79. The van der Waals surface area contributed by atoms with Gasteiger partial charge in [-0.15, -0.1) is 11.3 Å². The predicted molar refractivity (Wildman–Crippen MR) is 108 cm³/mol. The smallest absolute Gasteiger partial charge is 0.343 e. The van der Waals surface area contributed by atoms with Crippen LogP contribution in [0.15, 0.2) is 30.5 Å². The van der Waals surface area contributed by atoms with Crippen molar-refractivity contribution in [3.63, 3.8) is 0 Å². The number of thiazole rings is 1. The van der Waals surface area contributed by atoms with Gasteiger partial charge in [-0.2, -0.15) is 0 Å². The summed E-state index contributed by atoms with van der Waals surface area (Å²) in [7, 11) is 1.30. The van der Waals surface area contributed by atoms with Crippen molar-refractivity contribution in [2.45, 2.75) is 26.7 Å². The summed E-state index contributed by atoms with van der Waals surface area (Å²) in [6, 6.07) is 7.03. The highest BCUT2D eigenvalue weighted by atomic mass is 32.1. The molecule has 3 aromatic rings. The van der Waals surface area contributed by atoms with Crippen LogP contribution in [0.5, 0.6) is 5.75 Å². The third-order valence-corrected chi connectivity index (χ3v) is 5.28. The Labute approximate surface area is 166 Å². The van der Waals surface area contributed by atoms with Crippen molar-refractivity contribution in [1.29, 1.82) is 0 Å². The van der Waals surface area contributed by atoms with E-state index in [0.29, 0.717) is 27.2 Å². The minimum absolute atomic E-state index is 0.203. The van der Waals surface area contributed by atoms with Crippen LogP contribution in [0.2, 0.25) is 0 Å². The second-order valence-electron chi connectivity index (χ2n) is 6.10. The van der Waals surface area contributed by atoms with Gasteiger partial charge < -0.3 is 14.8 Å². The van der Waals surface area contributed by atoms with Gasteiger partial charge in [-0.25, -0.2) is 9.78 Å². The number of ether oxygens (including phenoxy) is 2. The molecule has 1 amide bonds. The van der Waals surface area contributed by atoms with E-state index in [2.05, 4.69) is 26.9 Å². The molecule has 0 unspecified atom stereocenters. The first-order valence-electron chi connectivity index (χ1n) is 8.88. The third-order valence-electron chi connectivity index (χ3n) is 4.07. The van der Waals surface area contributed by atoms with Gasteiger partial charge >= 0.3 is 5.97 Å². The number of methoxy groups -OCH3 is 1. The maximum Gasteiger partial charge on any atom is 0.343 e. The minimum atomic E-state index is -0.481. The first kappa shape index (κ1) is 19.8. The van der Waals surface area contributed by atoms with Crippen molar-refractivity contribution in [2.75, 3.05) is 19.0 Å². The van der Waals surface area contributed by atoms with Crippen molar-refractivity contribution in [2.24, 2.45) is 0 Å². The Morgan fingerprint density at radius 2 is 2.07 bits per heavy atom. The number of hydrogen-bond donors (Lipinski definition) is 1. The van der Waals surface area contributed by atoms with E-state index in [1.165, 1.54) is 18.4 Å². The Bertz CT molecular complexity index is 1020. The van der Waals surface area contributed by atoms with Crippen molar-refractivity contribution in [3.8, 4) is 5.75 Å². The molecule has 0 saturated carbocycles. The molecule has 0 aliphatic heterocycles. The van der Waals surface area contributed by atoms with Gasteiger partial charge in [-0.1, -0.05) is 6.92 Å². The van der Waals surface area contributed by atoms with Crippen LogP contribution in [0.3, 0.4) is 0 Å². The topological polar surface area (TPSA) is 90.4 Å². The molecule has 0 radical (unpaired) electrons. The number of esters is 1. The Morgan fingerprint density at radius 1 is 1.25 bits per heavy atom. The van der Waals surface area contributed by atoms with Gasteiger partial charge in [0, 0.05) is 11.6 Å². The largest absolute Gasteiger partial charge is 0.480 e. The Balaban J connectivity index is 1.87. The summed E-state index contributed by atoms with van der Waals surface area (Å²) in [5.74, 6) is -0.242. The normalized spacial score (nSPS) is 10.7. The molecule has 0 aliphatic rings. The van der Waals surface area contributed by atoms with E-state index >= 15 is 0 Å². The number of nitrogens with zero attached hydrogens (tertiary/aromatic N) is 2. The number of nitrogens with one attached hydrogen (secondary N) is 1. The van der Waals surface area contributed by atoms with Gasteiger partial charge in [0.1, 0.15) is 16.1 Å². The summed E-state index contributed by atoms with van der Waals surface area (Å²) in [4.78, 5) is 33.5. The third kappa shape index (κ3) is 4.28. The number of rotatable bonds is 7. The van der Waals surface area contributed by atoms with Gasteiger partial charge in [-0.05, 0) is 44.0 Å². The number of carbonyl (C=O) groups excluding carboxylic acids is 2. The van der Waals surface area contributed by atoms with E-state index < -0.39 is 5.97 Å². The van der Waals surface area contributed by atoms with E-state index in [1.54, 1.807) is 24.4 Å². The zero-order valence-corrected chi connectivity index (χ0v) is 16.8. The number of aryl methyl sites for hydroxylation is 2. The standard InChI is InChI=1S/C20H21N3O4S/c1-4-6-16-22-12(2)19(28-16)20(25)23-14-8-9-15(27-11-17(24)26-3)18-13(14)7-5-10-21-18/h5,7-10H,4,6,11H2,1-3H3,(H,23,25). The van der Waals surface area contributed by atoms with E-state index in [4.69, 9.17) is 4.74 Å². The lowest BCUT2D eigenvalue weighted by Gasteiger charge is -2.12. The molecule has 7 nitrogen and oxygen atoms in total. The number of fused-ring (bicyclic) bond motifs is 1. The van der Waals surface area contributed by atoms with Crippen LogP contribution in [0.25, 0.3) is 10.9 Å². The van der Waals surface area contributed by atoms with Crippen LogP contribution in [-0.4, -0.2) is 35.6 Å². The summed E-state index contributed by atoms with van der Waals surface area (Å²) in [6.45, 7) is 3.71. The average molecular weight is 399 g/mol. The van der Waals surface area contributed by atoms with Crippen LogP contribution in [-0.2, 0) is 16.0 Å². The maximum atomic E-state index is 12.8. The molecule has 1 aromatic carbocycles. The van der Waals surface area contributed by atoms with E-state index in [1.807, 2.05) is 13.0 Å². The molecule has 8 heteroatoms. The lowest BCUT2D eigenvalue weighted by molar-refractivity contribution is -0.142. The number of amides is 1. The van der Waals surface area contributed by atoms with Crippen LogP contribution in [0, 0.1) is 6.92 Å². The molecule has 0 bridgehead atoms. The fourth-order valence-electron chi connectivity index (χ4n) is 2.73. The number of pyridine rings is 1. The van der Waals surface area contributed by atoms with E-state index in [9.17, 15) is 9.59 Å². The molecular weight excluding hydrogens is 378 g/mol. The molecule has 0 saturated heterocycles. The highest BCUT2D eigenvalue weighted by Gasteiger charge is 2.17. The monoisotopic (exact) mass is 399 g/mol. The fraction of sp³-hybridized carbons (Fsp3) is 0.300. The first-order chi connectivity index (χ1) is 13.5. The molecule has 0 fully saturated rings. The van der Waals surface area contributed by atoms with Crippen LogP contribution in [0.1, 0.15) is 33.7 Å². The molecule has 28 heavy (non-hydrogen) atoms. The van der Waals surface area contributed by atoms with E-state index in [0.717, 1.165) is 23.5 Å². The van der Waals surface area contributed by atoms with Crippen molar-refractivity contribution < 1.29 is 19.1 Å². The SMILES string of the molecule is CCCc1nc(C)c(C(=O)Nc2ccc(OCC(=O)OC)c3ncccc23)s1. The Kier molecular flexibility index (Phi) is 6.20. The van der Waals surface area contributed by atoms with Gasteiger partial charge in [0.05, 0.1) is 23.5 Å². The average Bonchev–Trinajstić information content (AvgIpc) is 3.07. The van der Waals surface area contributed by atoms with Crippen molar-refractivity contribution in [3.05, 3.63) is 46.0 Å². The number of anilines is 1. The number of benzene rings is 1. The van der Waals surface area contributed by atoms with Crippen molar-refractivity contribution in [1.82, 2.24) is 9.97 Å². The Morgan fingerprint density at radius 3 is 2.82 bits per heavy atom. The van der Waals surface area contributed by atoms with Crippen LogP contribution < -0.4 is 10.1 Å². The van der Waals surface area contributed by atoms with Crippen LogP contribution in [0.4, 0.5) is 5.69 Å². The van der Waals surface area contributed by atoms with Gasteiger partial charge in [0.2, 0.25) is 0 Å². The lowest BCUT2D eigenvalue weighted by Crippen LogP contribution is -2.14. The molecular formula is C20H21N3O4S. The summed E-state index contributed by atoms with van der Waals surface area (Å²) < 4.78 is 10.1. The summed E-state index contributed by atoms with van der Waals surface area (Å²) in [5, 5.41) is 4.62. The zero-order chi connectivity index (χ0) is 20.1. The van der Waals surface area contributed by atoms with Crippen molar-refractivity contribution >= 4 is 39.8 Å².